The number of H-pyrrole nitrogens is 1. The minimum atomic E-state index is 0.728. The van der Waals surface area contributed by atoms with Crippen LogP contribution in [0.1, 0.15) is 0 Å². The molecule has 0 saturated carbocycles. The van der Waals surface area contributed by atoms with Crippen molar-refractivity contribution in [1.29, 1.82) is 0 Å². The molecule has 0 aliphatic heterocycles. The van der Waals surface area contributed by atoms with Crippen molar-refractivity contribution >= 4 is 38.0 Å². The Labute approximate surface area is 146 Å². The maximum absolute atomic E-state index is 4.69. The van der Waals surface area contributed by atoms with Crippen LogP contribution >= 0.6 is 11.3 Å². The third-order valence-corrected chi connectivity index (χ3v) is 5.07. The van der Waals surface area contributed by atoms with Crippen LogP contribution in [0.25, 0.3) is 27.3 Å². The Balaban J connectivity index is 1.61. The molecule has 0 fully saturated rings. The first-order valence-electron chi connectivity index (χ1n) is 7.73. The van der Waals surface area contributed by atoms with Gasteiger partial charge in [-0.2, -0.15) is 4.52 Å². The summed E-state index contributed by atoms with van der Waals surface area (Å²) in [6, 6.07) is 12.0. The fraction of sp³-hybridized carbons (Fsp3) is 0.0588. The molecule has 1 N–H and O–H groups in total. The van der Waals surface area contributed by atoms with Gasteiger partial charge in [-0.15, -0.1) is 15.3 Å². The number of aromatic nitrogens is 6. The summed E-state index contributed by atoms with van der Waals surface area (Å²) in [4.78, 5) is 10.2. The highest BCUT2D eigenvalue weighted by molar-refractivity contribution is 7.20. The lowest BCUT2D eigenvalue weighted by atomic mass is 10.1. The molecule has 5 rings (SSSR count). The second kappa shape index (κ2) is 5.38. The molecular formula is C17H13N7S. The van der Waals surface area contributed by atoms with Gasteiger partial charge in [0.05, 0.1) is 11.2 Å². The second-order valence-electron chi connectivity index (χ2n) is 5.64. The Morgan fingerprint density at radius 3 is 3.00 bits per heavy atom. The first-order valence-corrected chi connectivity index (χ1v) is 8.55. The van der Waals surface area contributed by atoms with Gasteiger partial charge in [-0.3, -0.25) is 4.98 Å². The van der Waals surface area contributed by atoms with Crippen LogP contribution in [0.5, 0.6) is 0 Å². The Kier molecular flexibility index (Phi) is 3.04. The molecule has 1 aromatic carbocycles. The molecule has 0 aliphatic rings. The molecule has 0 radical (unpaired) electrons. The number of rotatable bonds is 3. The van der Waals surface area contributed by atoms with Gasteiger partial charge in [-0.1, -0.05) is 17.4 Å². The van der Waals surface area contributed by atoms with Crippen LogP contribution in [0, 0.1) is 0 Å². The van der Waals surface area contributed by atoms with Gasteiger partial charge in [0.1, 0.15) is 0 Å². The number of pyridine rings is 1. The molecule has 0 aliphatic carbocycles. The summed E-state index contributed by atoms with van der Waals surface area (Å²) in [7, 11) is 1.98. The molecule has 0 spiro atoms. The Morgan fingerprint density at radius 2 is 2.12 bits per heavy atom. The van der Waals surface area contributed by atoms with Crippen molar-refractivity contribution in [2.75, 3.05) is 11.9 Å². The summed E-state index contributed by atoms with van der Waals surface area (Å²) in [5.41, 5.74) is 2.97. The van der Waals surface area contributed by atoms with Gasteiger partial charge < -0.3 is 9.88 Å². The van der Waals surface area contributed by atoms with E-state index in [1.807, 2.05) is 54.7 Å². The van der Waals surface area contributed by atoms with Crippen molar-refractivity contribution in [3.8, 4) is 11.4 Å². The van der Waals surface area contributed by atoms with E-state index in [0.29, 0.717) is 0 Å². The minimum Gasteiger partial charge on any atom is -0.366 e. The lowest BCUT2D eigenvalue weighted by molar-refractivity contribution is 0.949. The van der Waals surface area contributed by atoms with Crippen LogP contribution in [0.3, 0.4) is 0 Å². The zero-order valence-electron chi connectivity index (χ0n) is 13.3. The number of fused-ring (bicyclic) bond motifs is 2. The normalized spacial score (nSPS) is 11.4. The molecule has 4 heterocycles. The van der Waals surface area contributed by atoms with Crippen molar-refractivity contribution in [2.24, 2.45) is 0 Å². The summed E-state index contributed by atoms with van der Waals surface area (Å²) in [5, 5.41) is 15.2. The van der Waals surface area contributed by atoms with Crippen LogP contribution in [-0.4, -0.2) is 36.8 Å². The summed E-state index contributed by atoms with van der Waals surface area (Å²) >= 11 is 1.50. The second-order valence-corrected chi connectivity index (χ2v) is 6.58. The van der Waals surface area contributed by atoms with E-state index in [-0.39, 0.29) is 0 Å². The highest BCUT2D eigenvalue weighted by atomic mass is 32.1. The number of anilines is 2. The van der Waals surface area contributed by atoms with Crippen LogP contribution in [0.4, 0.5) is 10.8 Å². The van der Waals surface area contributed by atoms with E-state index >= 15 is 0 Å². The number of nitrogens with one attached hydrogen (secondary N) is 1. The standard InChI is InChI=1S/C17H13N7S/c1-23(13-6-8-18-10-13)17-22-24-15(20-21-16(24)25-17)12-4-5-14-11(9-12)3-2-7-19-14/h2-10,18H,1H3. The van der Waals surface area contributed by atoms with E-state index in [0.717, 1.165) is 38.1 Å². The highest BCUT2D eigenvalue weighted by Gasteiger charge is 2.16. The molecule has 0 atom stereocenters. The Bertz CT molecular complexity index is 1170. The molecule has 0 bridgehead atoms. The Morgan fingerprint density at radius 1 is 1.16 bits per heavy atom. The lowest BCUT2D eigenvalue weighted by Gasteiger charge is -2.12. The van der Waals surface area contributed by atoms with E-state index in [1.54, 1.807) is 10.7 Å². The van der Waals surface area contributed by atoms with Gasteiger partial charge in [0.25, 0.3) is 0 Å². The molecule has 4 aromatic heterocycles. The van der Waals surface area contributed by atoms with E-state index in [9.17, 15) is 0 Å². The van der Waals surface area contributed by atoms with Gasteiger partial charge in [0.2, 0.25) is 10.1 Å². The summed E-state index contributed by atoms with van der Waals surface area (Å²) in [6.07, 6.45) is 5.61. The van der Waals surface area contributed by atoms with Gasteiger partial charge in [0.15, 0.2) is 5.82 Å². The van der Waals surface area contributed by atoms with Gasteiger partial charge in [0, 0.05) is 36.6 Å². The predicted octanol–water partition coefficient (Wildman–Crippen LogP) is 3.50. The van der Waals surface area contributed by atoms with Crippen molar-refractivity contribution in [3.05, 3.63) is 55.0 Å². The molecule has 0 amide bonds. The number of hydrogen-bond acceptors (Lipinski definition) is 6. The summed E-state index contributed by atoms with van der Waals surface area (Å²) in [6.45, 7) is 0. The third-order valence-electron chi connectivity index (χ3n) is 4.10. The van der Waals surface area contributed by atoms with Crippen molar-refractivity contribution < 1.29 is 0 Å². The summed E-state index contributed by atoms with van der Waals surface area (Å²) < 4.78 is 1.79. The molecule has 0 unspecified atom stereocenters. The smallest absolute Gasteiger partial charge is 0.236 e. The highest BCUT2D eigenvalue weighted by Crippen LogP contribution is 2.30. The molecule has 122 valence electrons. The minimum absolute atomic E-state index is 0.728. The average molecular weight is 347 g/mol. The number of aromatic amines is 1. The number of benzene rings is 1. The first-order chi connectivity index (χ1) is 12.3. The predicted molar refractivity (Wildman–Crippen MR) is 98.3 cm³/mol. The van der Waals surface area contributed by atoms with Crippen molar-refractivity contribution in [3.63, 3.8) is 0 Å². The van der Waals surface area contributed by atoms with Gasteiger partial charge in [-0.25, -0.2) is 0 Å². The first kappa shape index (κ1) is 14.1. The molecular weight excluding hydrogens is 334 g/mol. The lowest BCUT2D eigenvalue weighted by Crippen LogP contribution is -2.08. The molecule has 7 nitrogen and oxygen atoms in total. The van der Waals surface area contributed by atoms with Crippen LogP contribution in [-0.2, 0) is 0 Å². The molecule has 0 saturated heterocycles. The molecule has 25 heavy (non-hydrogen) atoms. The molecule has 5 aromatic rings. The zero-order valence-corrected chi connectivity index (χ0v) is 14.1. The third kappa shape index (κ3) is 2.26. The van der Waals surface area contributed by atoms with Crippen LogP contribution < -0.4 is 4.90 Å². The van der Waals surface area contributed by atoms with E-state index < -0.39 is 0 Å². The maximum atomic E-state index is 4.69. The van der Waals surface area contributed by atoms with E-state index in [1.165, 1.54) is 11.3 Å². The topological polar surface area (TPSA) is 75.0 Å². The molecule has 8 heteroatoms. The van der Waals surface area contributed by atoms with Crippen molar-refractivity contribution in [1.82, 2.24) is 29.8 Å². The largest absolute Gasteiger partial charge is 0.366 e. The fourth-order valence-corrected chi connectivity index (χ4v) is 3.59. The zero-order chi connectivity index (χ0) is 16.8. The summed E-state index contributed by atoms with van der Waals surface area (Å²) in [5.74, 6) is 0.728. The maximum Gasteiger partial charge on any atom is 0.236 e. The number of nitrogens with zero attached hydrogens (tertiary/aromatic N) is 6. The number of hydrogen-bond donors (Lipinski definition) is 1. The fourth-order valence-electron chi connectivity index (χ4n) is 2.77. The quantitative estimate of drug-likeness (QED) is 0.541. The monoisotopic (exact) mass is 347 g/mol. The average Bonchev–Trinajstić information content (AvgIpc) is 3.37. The van der Waals surface area contributed by atoms with Crippen LogP contribution in [0.2, 0.25) is 0 Å². The van der Waals surface area contributed by atoms with E-state index in [2.05, 4.69) is 26.2 Å². The van der Waals surface area contributed by atoms with Gasteiger partial charge in [-0.05, 0) is 30.3 Å². The SMILES string of the molecule is CN(c1cc[nH]c1)c1nn2c(-c3ccc4ncccc4c3)nnc2s1. The van der Waals surface area contributed by atoms with Gasteiger partial charge >= 0.3 is 0 Å². The van der Waals surface area contributed by atoms with E-state index in [4.69, 9.17) is 5.10 Å². The Hall–Kier alpha value is -3.26. The van der Waals surface area contributed by atoms with Crippen molar-refractivity contribution in [2.45, 2.75) is 0 Å². The van der Waals surface area contributed by atoms with Crippen LogP contribution in [0.15, 0.2) is 55.0 Å².